The molecule has 1 atom stereocenters. The summed E-state index contributed by atoms with van der Waals surface area (Å²) in [7, 11) is 0. The number of halogens is 2. The number of carbonyl (C=O) groups is 1. The van der Waals surface area contributed by atoms with Crippen molar-refractivity contribution in [2.45, 2.75) is 26.2 Å². The molecule has 0 aromatic heterocycles. The molecule has 1 aromatic carbocycles. The van der Waals surface area contributed by atoms with Crippen molar-refractivity contribution < 1.29 is 14.3 Å². The van der Waals surface area contributed by atoms with Crippen molar-refractivity contribution in [3.63, 3.8) is 0 Å². The third-order valence-electron chi connectivity index (χ3n) is 2.32. The summed E-state index contributed by atoms with van der Waals surface area (Å²) in [5, 5.41) is 8.71. The predicted octanol–water partition coefficient (Wildman–Crippen LogP) is 3.37. The van der Waals surface area contributed by atoms with Gasteiger partial charge in [0.2, 0.25) is 0 Å². The molecule has 0 radical (unpaired) electrons. The van der Waals surface area contributed by atoms with Gasteiger partial charge in [-0.3, -0.25) is 4.79 Å². The first-order chi connectivity index (χ1) is 6.91. The zero-order valence-electron chi connectivity index (χ0n) is 8.55. The van der Waals surface area contributed by atoms with E-state index in [0.29, 0.717) is 5.56 Å². The first-order valence-corrected chi connectivity index (χ1v) is 4.97. The highest BCUT2D eigenvalue weighted by molar-refractivity contribution is 6.30. The summed E-state index contributed by atoms with van der Waals surface area (Å²) in [4.78, 5) is 10.5. The number of hydrogen-bond donors (Lipinski definition) is 1. The summed E-state index contributed by atoms with van der Waals surface area (Å²) < 4.78 is 13.2. The van der Waals surface area contributed by atoms with Crippen LogP contribution in [-0.2, 0) is 4.79 Å². The second-order valence-corrected chi connectivity index (χ2v) is 4.03. The Hall–Kier alpha value is -1.09. The quantitative estimate of drug-likeness (QED) is 0.865. The third kappa shape index (κ3) is 2.93. The Morgan fingerprint density at radius 3 is 2.73 bits per heavy atom. The molecule has 0 saturated carbocycles. The number of aryl methyl sites for hydroxylation is 1. The van der Waals surface area contributed by atoms with E-state index in [1.165, 1.54) is 12.1 Å². The number of carboxylic acids is 1. The zero-order chi connectivity index (χ0) is 11.6. The van der Waals surface area contributed by atoms with Crippen LogP contribution >= 0.6 is 11.6 Å². The monoisotopic (exact) mass is 230 g/mol. The van der Waals surface area contributed by atoms with Crippen molar-refractivity contribution in [1.29, 1.82) is 0 Å². The molecule has 0 spiro atoms. The van der Waals surface area contributed by atoms with Crippen LogP contribution in [0.25, 0.3) is 0 Å². The van der Waals surface area contributed by atoms with Crippen molar-refractivity contribution >= 4 is 17.6 Å². The number of carboxylic acid groups (broad SMARTS) is 1. The van der Waals surface area contributed by atoms with Gasteiger partial charge in [-0.15, -0.1) is 0 Å². The molecule has 4 heteroatoms. The minimum absolute atomic E-state index is 0.0120. The standard InChI is InChI=1S/C11H12ClFO2/c1-6-3-9(12)10(13)5-8(6)7(2)4-11(14)15/h3,5,7H,4H2,1-2H3,(H,14,15). The molecule has 15 heavy (non-hydrogen) atoms. The van der Waals surface area contributed by atoms with E-state index in [0.717, 1.165) is 5.56 Å². The maximum absolute atomic E-state index is 13.2. The average Bonchev–Trinajstić information content (AvgIpc) is 2.09. The largest absolute Gasteiger partial charge is 0.481 e. The van der Waals surface area contributed by atoms with Crippen LogP contribution in [0, 0.1) is 12.7 Å². The van der Waals surface area contributed by atoms with Gasteiger partial charge in [0, 0.05) is 0 Å². The second kappa shape index (κ2) is 4.62. The molecule has 0 amide bonds. The molecule has 0 heterocycles. The molecule has 0 saturated heterocycles. The van der Waals surface area contributed by atoms with Crippen molar-refractivity contribution in [2.24, 2.45) is 0 Å². The molecule has 2 nitrogen and oxygen atoms in total. The summed E-state index contributed by atoms with van der Waals surface area (Å²) in [6.07, 6.45) is -0.0120. The van der Waals surface area contributed by atoms with E-state index in [9.17, 15) is 9.18 Å². The van der Waals surface area contributed by atoms with Crippen LogP contribution in [0.1, 0.15) is 30.4 Å². The molecular weight excluding hydrogens is 219 g/mol. The van der Waals surface area contributed by atoms with E-state index in [1.54, 1.807) is 13.8 Å². The first kappa shape index (κ1) is 12.0. The highest BCUT2D eigenvalue weighted by Crippen LogP contribution is 2.27. The molecule has 1 aromatic rings. The van der Waals surface area contributed by atoms with Crippen LogP contribution in [0.3, 0.4) is 0 Å². The molecule has 0 aliphatic heterocycles. The Bertz CT molecular complexity index is 390. The summed E-state index contributed by atoms with van der Waals surface area (Å²) in [5.74, 6) is -1.61. The van der Waals surface area contributed by atoms with Crippen molar-refractivity contribution in [2.75, 3.05) is 0 Å². The van der Waals surface area contributed by atoms with E-state index < -0.39 is 11.8 Å². The number of hydrogen-bond acceptors (Lipinski definition) is 1. The smallest absolute Gasteiger partial charge is 0.303 e. The second-order valence-electron chi connectivity index (χ2n) is 3.62. The van der Waals surface area contributed by atoms with Crippen LogP contribution in [0.4, 0.5) is 4.39 Å². The van der Waals surface area contributed by atoms with Crippen molar-refractivity contribution in [1.82, 2.24) is 0 Å². The summed E-state index contributed by atoms with van der Waals surface area (Å²) in [6, 6.07) is 2.83. The van der Waals surface area contributed by atoms with Gasteiger partial charge < -0.3 is 5.11 Å². The maximum atomic E-state index is 13.2. The molecule has 0 fully saturated rings. The van der Waals surface area contributed by atoms with Gasteiger partial charge in [0.15, 0.2) is 0 Å². The average molecular weight is 231 g/mol. The Morgan fingerprint density at radius 1 is 1.60 bits per heavy atom. The Morgan fingerprint density at radius 2 is 2.20 bits per heavy atom. The van der Waals surface area contributed by atoms with Crippen LogP contribution in [0.2, 0.25) is 5.02 Å². The lowest BCUT2D eigenvalue weighted by molar-refractivity contribution is -0.137. The summed E-state index contributed by atoms with van der Waals surface area (Å²) in [5.41, 5.74) is 1.51. The van der Waals surface area contributed by atoms with Crippen LogP contribution in [-0.4, -0.2) is 11.1 Å². The molecule has 1 rings (SSSR count). The van der Waals surface area contributed by atoms with Crippen molar-refractivity contribution in [3.8, 4) is 0 Å². The normalized spacial score (nSPS) is 12.5. The number of aliphatic carboxylic acids is 1. The summed E-state index contributed by atoms with van der Waals surface area (Å²) in [6.45, 7) is 3.54. The van der Waals surface area contributed by atoms with E-state index >= 15 is 0 Å². The molecular formula is C11H12ClFO2. The third-order valence-corrected chi connectivity index (χ3v) is 2.61. The summed E-state index contributed by atoms with van der Waals surface area (Å²) >= 11 is 5.61. The predicted molar refractivity (Wildman–Crippen MR) is 56.8 cm³/mol. The molecule has 1 N–H and O–H groups in total. The fourth-order valence-electron chi connectivity index (χ4n) is 1.56. The lowest BCUT2D eigenvalue weighted by atomic mass is 9.94. The molecule has 82 valence electrons. The Kier molecular flexibility index (Phi) is 3.69. The fraction of sp³-hybridized carbons (Fsp3) is 0.364. The minimum Gasteiger partial charge on any atom is -0.481 e. The first-order valence-electron chi connectivity index (χ1n) is 4.59. The van der Waals surface area contributed by atoms with E-state index in [2.05, 4.69) is 0 Å². The van der Waals surface area contributed by atoms with Crippen LogP contribution < -0.4 is 0 Å². The maximum Gasteiger partial charge on any atom is 0.303 e. The van der Waals surface area contributed by atoms with Gasteiger partial charge in [0.1, 0.15) is 5.82 Å². The minimum atomic E-state index is -0.891. The van der Waals surface area contributed by atoms with Crippen molar-refractivity contribution in [3.05, 3.63) is 34.1 Å². The van der Waals surface area contributed by atoms with Gasteiger partial charge in [-0.05, 0) is 36.1 Å². The van der Waals surface area contributed by atoms with Crippen LogP contribution in [0.15, 0.2) is 12.1 Å². The molecule has 0 bridgehead atoms. The van der Waals surface area contributed by atoms with E-state index in [1.807, 2.05) is 0 Å². The number of benzene rings is 1. The lowest BCUT2D eigenvalue weighted by Crippen LogP contribution is -2.05. The number of rotatable bonds is 3. The Labute approximate surface area is 92.7 Å². The van der Waals surface area contributed by atoms with E-state index in [4.69, 9.17) is 16.7 Å². The fourth-order valence-corrected chi connectivity index (χ4v) is 1.78. The zero-order valence-corrected chi connectivity index (χ0v) is 9.31. The Balaban J connectivity index is 3.03. The van der Waals surface area contributed by atoms with Crippen LogP contribution in [0.5, 0.6) is 0 Å². The van der Waals surface area contributed by atoms with Gasteiger partial charge in [0.25, 0.3) is 0 Å². The van der Waals surface area contributed by atoms with E-state index in [-0.39, 0.29) is 17.4 Å². The SMILES string of the molecule is Cc1cc(Cl)c(F)cc1C(C)CC(=O)O. The molecule has 1 unspecified atom stereocenters. The topological polar surface area (TPSA) is 37.3 Å². The van der Waals surface area contributed by atoms with Gasteiger partial charge in [0.05, 0.1) is 11.4 Å². The van der Waals surface area contributed by atoms with Gasteiger partial charge in [-0.2, -0.15) is 0 Å². The highest BCUT2D eigenvalue weighted by atomic mass is 35.5. The van der Waals surface area contributed by atoms with Gasteiger partial charge >= 0.3 is 5.97 Å². The highest BCUT2D eigenvalue weighted by Gasteiger charge is 2.14. The molecule has 0 aliphatic rings. The van der Waals surface area contributed by atoms with Gasteiger partial charge in [-0.1, -0.05) is 18.5 Å². The lowest BCUT2D eigenvalue weighted by Gasteiger charge is -2.13. The van der Waals surface area contributed by atoms with Gasteiger partial charge in [-0.25, -0.2) is 4.39 Å². The molecule has 0 aliphatic carbocycles.